The Bertz CT molecular complexity index is 474. The van der Waals surface area contributed by atoms with Crippen LogP contribution < -0.4 is 11.3 Å². The third-order valence-corrected chi connectivity index (χ3v) is 3.50. The van der Waals surface area contributed by atoms with E-state index < -0.39 is 5.91 Å². The molecule has 0 radical (unpaired) electrons. The number of hydrogen-bond donors (Lipinski definition) is 3. The second kappa shape index (κ2) is 6.36. The second-order valence-electron chi connectivity index (χ2n) is 5.11. The van der Waals surface area contributed by atoms with Crippen molar-refractivity contribution in [2.45, 2.75) is 32.5 Å². The zero-order valence-corrected chi connectivity index (χ0v) is 11.8. The number of amides is 1. The van der Waals surface area contributed by atoms with E-state index >= 15 is 0 Å². The Morgan fingerprint density at radius 3 is 3.05 bits per heavy atom. The van der Waals surface area contributed by atoms with Crippen LogP contribution in [0.5, 0.6) is 0 Å². The van der Waals surface area contributed by atoms with Gasteiger partial charge in [0.1, 0.15) is 5.76 Å². The maximum absolute atomic E-state index is 11.5. The van der Waals surface area contributed by atoms with Crippen LogP contribution in [0.2, 0.25) is 0 Å². The van der Waals surface area contributed by atoms with E-state index in [0.717, 1.165) is 5.56 Å². The number of hydrazine groups is 1. The van der Waals surface area contributed by atoms with Gasteiger partial charge in [0.05, 0.1) is 25.9 Å². The zero-order chi connectivity index (χ0) is 14.7. The summed E-state index contributed by atoms with van der Waals surface area (Å²) in [4.78, 5) is 13.7. The van der Waals surface area contributed by atoms with Crippen LogP contribution in [-0.2, 0) is 11.3 Å². The number of aryl methyl sites for hydroxylation is 1. The maximum atomic E-state index is 11.5. The number of morpholine rings is 1. The van der Waals surface area contributed by atoms with Gasteiger partial charge in [-0.3, -0.25) is 15.1 Å². The molecule has 112 valence electrons. The Kier molecular flexibility index (Phi) is 4.77. The molecule has 2 heterocycles. The number of ether oxygens (including phenoxy) is 1. The number of aliphatic hydroxyl groups excluding tert-OH is 1. The Hall–Kier alpha value is -1.41. The first-order chi connectivity index (χ1) is 9.55. The largest absolute Gasteiger partial charge is 0.454 e. The summed E-state index contributed by atoms with van der Waals surface area (Å²) in [6, 6.07) is 2.07. The third kappa shape index (κ3) is 3.18. The summed E-state index contributed by atoms with van der Waals surface area (Å²) in [7, 11) is 0. The average molecular weight is 283 g/mol. The molecule has 20 heavy (non-hydrogen) atoms. The SMILES string of the molecule is Cc1cc(CN2CC(CO)OCC2C)oc1C(=O)NN. The molecule has 4 N–H and O–H groups in total. The number of furan rings is 1. The van der Waals surface area contributed by atoms with Crippen molar-refractivity contribution >= 4 is 5.91 Å². The molecule has 2 atom stereocenters. The van der Waals surface area contributed by atoms with Gasteiger partial charge in [0.25, 0.3) is 0 Å². The fraction of sp³-hybridized carbons (Fsp3) is 0.615. The molecule has 7 heteroatoms. The molecule has 1 fully saturated rings. The molecule has 1 aromatic rings. The number of hydrogen-bond acceptors (Lipinski definition) is 6. The predicted octanol–water partition coefficient (Wildman–Crippen LogP) is -0.227. The van der Waals surface area contributed by atoms with E-state index in [2.05, 4.69) is 17.2 Å². The molecule has 1 saturated heterocycles. The van der Waals surface area contributed by atoms with Crippen LogP contribution in [0.1, 0.15) is 28.8 Å². The molecule has 1 aliphatic rings. The van der Waals surface area contributed by atoms with Crippen molar-refractivity contribution in [3.63, 3.8) is 0 Å². The zero-order valence-electron chi connectivity index (χ0n) is 11.8. The summed E-state index contributed by atoms with van der Waals surface area (Å²) < 4.78 is 11.0. The fourth-order valence-electron chi connectivity index (χ4n) is 2.32. The van der Waals surface area contributed by atoms with Crippen molar-refractivity contribution in [1.29, 1.82) is 0 Å². The highest BCUT2D eigenvalue weighted by molar-refractivity contribution is 5.92. The molecule has 2 rings (SSSR count). The summed E-state index contributed by atoms with van der Waals surface area (Å²) >= 11 is 0. The van der Waals surface area contributed by atoms with Crippen LogP contribution in [0.3, 0.4) is 0 Å². The Balaban J connectivity index is 2.07. The highest BCUT2D eigenvalue weighted by Gasteiger charge is 2.27. The van der Waals surface area contributed by atoms with Gasteiger partial charge in [-0.15, -0.1) is 0 Å². The number of nitrogen functional groups attached to an aromatic ring is 1. The lowest BCUT2D eigenvalue weighted by Gasteiger charge is -2.36. The lowest BCUT2D eigenvalue weighted by Crippen LogP contribution is -2.48. The minimum atomic E-state index is -0.433. The first kappa shape index (κ1) is 15.0. The number of nitrogens with two attached hydrogens (primary N) is 1. The van der Waals surface area contributed by atoms with E-state index in [1.54, 1.807) is 6.92 Å². The van der Waals surface area contributed by atoms with Crippen molar-refractivity contribution < 1.29 is 19.1 Å². The van der Waals surface area contributed by atoms with Crippen LogP contribution in [0, 0.1) is 6.92 Å². The topological polar surface area (TPSA) is 101 Å². The first-order valence-corrected chi connectivity index (χ1v) is 6.62. The smallest absolute Gasteiger partial charge is 0.301 e. The first-order valence-electron chi connectivity index (χ1n) is 6.62. The van der Waals surface area contributed by atoms with E-state index in [1.165, 1.54) is 0 Å². The summed E-state index contributed by atoms with van der Waals surface area (Å²) in [6.45, 7) is 5.63. The normalized spacial score (nSPS) is 23.8. The van der Waals surface area contributed by atoms with Crippen molar-refractivity contribution in [2.75, 3.05) is 19.8 Å². The molecule has 0 aliphatic carbocycles. The maximum Gasteiger partial charge on any atom is 0.301 e. The number of carbonyl (C=O) groups excluding carboxylic acids is 1. The van der Waals surface area contributed by atoms with Crippen molar-refractivity contribution in [3.8, 4) is 0 Å². The summed E-state index contributed by atoms with van der Waals surface area (Å²) in [5, 5.41) is 9.17. The molecular weight excluding hydrogens is 262 g/mol. The quantitative estimate of drug-likeness (QED) is 0.401. The highest BCUT2D eigenvalue weighted by Crippen LogP contribution is 2.19. The monoisotopic (exact) mass is 283 g/mol. The lowest BCUT2D eigenvalue weighted by atomic mass is 10.2. The van der Waals surface area contributed by atoms with Crippen LogP contribution >= 0.6 is 0 Å². The standard InChI is InChI=1S/C13H21N3O4/c1-8-3-10(20-12(8)13(18)15-14)4-16-5-11(6-17)19-7-9(16)2/h3,9,11,17H,4-7,14H2,1-2H3,(H,15,18). The number of rotatable bonds is 4. The van der Waals surface area contributed by atoms with Gasteiger partial charge < -0.3 is 14.3 Å². The van der Waals surface area contributed by atoms with E-state index in [0.29, 0.717) is 25.5 Å². The predicted molar refractivity (Wildman–Crippen MR) is 71.8 cm³/mol. The van der Waals surface area contributed by atoms with Gasteiger partial charge in [-0.1, -0.05) is 0 Å². The fourth-order valence-corrected chi connectivity index (χ4v) is 2.32. The van der Waals surface area contributed by atoms with E-state index in [4.69, 9.17) is 15.0 Å². The van der Waals surface area contributed by atoms with Gasteiger partial charge >= 0.3 is 5.91 Å². The van der Waals surface area contributed by atoms with Gasteiger partial charge in [0.15, 0.2) is 5.76 Å². The van der Waals surface area contributed by atoms with Crippen LogP contribution in [-0.4, -0.2) is 47.8 Å². The number of carbonyl (C=O) groups is 1. The molecule has 0 aromatic carbocycles. The van der Waals surface area contributed by atoms with Crippen LogP contribution in [0.15, 0.2) is 10.5 Å². The molecule has 0 saturated carbocycles. The summed E-state index contributed by atoms with van der Waals surface area (Å²) in [5.41, 5.74) is 2.82. The number of nitrogens with zero attached hydrogens (tertiary/aromatic N) is 1. The van der Waals surface area contributed by atoms with Crippen molar-refractivity contribution in [1.82, 2.24) is 10.3 Å². The minimum Gasteiger partial charge on any atom is -0.454 e. The van der Waals surface area contributed by atoms with E-state index in [-0.39, 0.29) is 24.5 Å². The number of aliphatic hydroxyl groups is 1. The minimum absolute atomic E-state index is 0.00122. The van der Waals surface area contributed by atoms with Gasteiger partial charge in [-0.25, -0.2) is 5.84 Å². The highest BCUT2D eigenvalue weighted by atomic mass is 16.5. The molecule has 0 bridgehead atoms. The van der Waals surface area contributed by atoms with Crippen molar-refractivity contribution in [2.24, 2.45) is 5.84 Å². The second-order valence-corrected chi connectivity index (χ2v) is 5.11. The summed E-state index contributed by atoms with van der Waals surface area (Å²) in [5.74, 6) is 5.62. The van der Waals surface area contributed by atoms with Gasteiger partial charge in [0.2, 0.25) is 0 Å². The van der Waals surface area contributed by atoms with E-state index in [1.807, 2.05) is 6.07 Å². The van der Waals surface area contributed by atoms with Crippen LogP contribution in [0.4, 0.5) is 0 Å². The van der Waals surface area contributed by atoms with Gasteiger partial charge in [-0.2, -0.15) is 0 Å². The van der Waals surface area contributed by atoms with Crippen molar-refractivity contribution in [3.05, 3.63) is 23.2 Å². The Morgan fingerprint density at radius 2 is 2.40 bits per heavy atom. The van der Waals surface area contributed by atoms with Gasteiger partial charge in [-0.05, 0) is 19.9 Å². The lowest BCUT2D eigenvalue weighted by molar-refractivity contribution is -0.0820. The molecule has 7 nitrogen and oxygen atoms in total. The van der Waals surface area contributed by atoms with Gasteiger partial charge in [0, 0.05) is 18.2 Å². The molecular formula is C13H21N3O4. The molecule has 2 unspecified atom stereocenters. The Labute approximate surface area is 117 Å². The molecule has 1 amide bonds. The van der Waals surface area contributed by atoms with E-state index in [9.17, 15) is 9.90 Å². The molecule has 1 aromatic heterocycles. The molecule has 1 aliphatic heterocycles. The Morgan fingerprint density at radius 1 is 1.65 bits per heavy atom. The number of nitrogens with one attached hydrogen (secondary N) is 1. The summed E-state index contributed by atoms with van der Waals surface area (Å²) in [6.07, 6.45) is -0.172. The molecule has 0 spiro atoms. The third-order valence-electron chi connectivity index (χ3n) is 3.50. The van der Waals surface area contributed by atoms with Crippen LogP contribution in [0.25, 0.3) is 0 Å². The average Bonchev–Trinajstić information content (AvgIpc) is 2.81.